The molecule has 4 heterocycles. The fourth-order valence-corrected chi connectivity index (χ4v) is 6.91. The van der Waals surface area contributed by atoms with Gasteiger partial charge in [-0.3, -0.25) is 0 Å². The van der Waals surface area contributed by atoms with Crippen molar-refractivity contribution in [2.24, 2.45) is 5.92 Å². The Morgan fingerprint density at radius 1 is 1.08 bits per heavy atom. The van der Waals surface area contributed by atoms with Crippen LogP contribution in [0.4, 0.5) is 11.8 Å². The van der Waals surface area contributed by atoms with Crippen LogP contribution in [0.5, 0.6) is 0 Å². The number of para-hydroxylation sites is 1. The number of ether oxygens (including phenoxy) is 2. The zero-order chi connectivity index (χ0) is 25.7. The van der Waals surface area contributed by atoms with Crippen molar-refractivity contribution in [2.75, 3.05) is 17.2 Å². The lowest BCUT2D eigenvalue weighted by Gasteiger charge is -2.25. The molecule has 2 fully saturated rings. The highest BCUT2D eigenvalue weighted by molar-refractivity contribution is 7.21. The Morgan fingerprint density at radius 2 is 1.89 bits per heavy atom. The van der Waals surface area contributed by atoms with Gasteiger partial charge < -0.3 is 25.2 Å². The Hall–Kier alpha value is -2.70. The van der Waals surface area contributed by atoms with Gasteiger partial charge in [-0.15, -0.1) is 22.7 Å². The Kier molecular flexibility index (Phi) is 6.36. The molecule has 11 heteroatoms. The average Bonchev–Trinajstić information content (AvgIpc) is 3.60. The van der Waals surface area contributed by atoms with Crippen molar-refractivity contribution >= 4 is 44.7 Å². The number of nitrogens with one attached hydrogen (secondary N) is 2. The molecular formula is C26H30N6O3S2. The summed E-state index contributed by atoms with van der Waals surface area (Å²) in [5.74, 6) is 0.509. The second kappa shape index (κ2) is 9.55. The first-order chi connectivity index (χ1) is 17.8. The molecule has 1 aliphatic carbocycles. The Morgan fingerprint density at radius 3 is 2.65 bits per heavy atom. The summed E-state index contributed by atoms with van der Waals surface area (Å²) in [7, 11) is 0. The highest BCUT2D eigenvalue weighted by Crippen LogP contribution is 2.44. The maximum Gasteiger partial charge on any atom is 0.225 e. The van der Waals surface area contributed by atoms with Gasteiger partial charge in [0.1, 0.15) is 16.9 Å². The minimum absolute atomic E-state index is 0.0105. The molecule has 0 spiro atoms. The third kappa shape index (κ3) is 4.82. The first-order valence-electron chi connectivity index (χ1n) is 12.4. The van der Waals surface area contributed by atoms with Crippen molar-refractivity contribution in [1.82, 2.24) is 19.9 Å². The van der Waals surface area contributed by atoms with Crippen LogP contribution in [-0.4, -0.2) is 55.7 Å². The quantitative estimate of drug-likeness (QED) is 0.307. The molecule has 3 N–H and O–H groups in total. The Balaban J connectivity index is 1.37. The summed E-state index contributed by atoms with van der Waals surface area (Å²) in [6, 6.07) is 8.02. The van der Waals surface area contributed by atoms with Crippen molar-refractivity contribution in [3.05, 3.63) is 46.0 Å². The van der Waals surface area contributed by atoms with Crippen molar-refractivity contribution in [3.8, 4) is 10.6 Å². The van der Waals surface area contributed by atoms with Gasteiger partial charge >= 0.3 is 0 Å². The van der Waals surface area contributed by atoms with Crippen LogP contribution in [0.25, 0.3) is 20.8 Å². The van der Waals surface area contributed by atoms with Crippen molar-refractivity contribution in [1.29, 1.82) is 0 Å². The molecule has 4 aromatic rings. The van der Waals surface area contributed by atoms with Crippen LogP contribution in [0.1, 0.15) is 36.7 Å². The van der Waals surface area contributed by atoms with Crippen molar-refractivity contribution in [2.45, 2.75) is 64.7 Å². The number of hydrogen-bond donors (Lipinski definition) is 3. The summed E-state index contributed by atoms with van der Waals surface area (Å²) in [6.07, 6.45) is 0.349. The largest absolute Gasteiger partial charge is 0.396 e. The molecule has 1 aromatic carbocycles. The van der Waals surface area contributed by atoms with Crippen LogP contribution in [0, 0.1) is 19.8 Å². The van der Waals surface area contributed by atoms with Gasteiger partial charge in [0.05, 0.1) is 50.9 Å². The van der Waals surface area contributed by atoms with Gasteiger partial charge in [0.15, 0.2) is 5.79 Å². The molecule has 0 unspecified atom stereocenters. The van der Waals surface area contributed by atoms with Crippen molar-refractivity contribution in [3.63, 3.8) is 0 Å². The Bertz CT molecular complexity index is 1400. The van der Waals surface area contributed by atoms with E-state index in [1.807, 2.05) is 51.3 Å². The van der Waals surface area contributed by atoms with Gasteiger partial charge in [-0.05, 0) is 46.2 Å². The smallest absolute Gasteiger partial charge is 0.225 e. The maximum atomic E-state index is 10.0. The number of thiazole rings is 2. The molecule has 1 aliphatic heterocycles. The number of aromatic nitrogens is 4. The van der Waals surface area contributed by atoms with Crippen LogP contribution in [0.3, 0.4) is 0 Å². The molecule has 6 rings (SSSR count). The number of aliphatic hydroxyl groups excluding tert-OH is 1. The molecular weight excluding hydrogens is 508 g/mol. The molecule has 37 heavy (non-hydrogen) atoms. The number of aryl methyl sites for hydroxylation is 2. The molecule has 1 saturated carbocycles. The Labute approximate surface area is 223 Å². The number of fused-ring (bicyclic) bond motifs is 2. The van der Waals surface area contributed by atoms with E-state index in [0.29, 0.717) is 24.7 Å². The standard InChI is InChI=1S/C26H30N6O3S2/c1-13-20(24-31-17-7-5-6-8-19(17)37-24)23(32-25(28-13)27-10-16-12-36-14(2)29-16)30-18-9-15(11-33)21-22(18)35-26(3,4)34-21/h5-8,12,15,18,21-22,33H,9-11H2,1-4H3,(H2,27,28,30,32)/t15-,18-,21-,22+/m1/s1. The average molecular weight is 539 g/mol. The van der Waals surface area contributed by atoms with Crippen LogP contribution in [-0.2, 0) is 16.0 Å². The lowest BCUT2D eigenvalue weighted by molar-refractivity contribution is -0.158. The van der Waals surface area contributed by atoms with E-state index >= 15 is 0 Å². The minimum Gasteiger partial charge on any atom is -0.396 e. The van der Waals surface area contributed by atoms with E-state index in [1.54, 1.807) is 22.7 Å². The third-order valence-electron chi connectivity index (χ3n) is 6.83. The summed E-state index contributed by atoms with van der Waals surface area (Å²) in [4.78, 5) is 19.1. The lowest BCUT2D eigenvalue weighted by Crippen LogP contribution is -2.35. The molecule has 9 nitrogen and oxygen atoms in total. The van der Waals surface area contributed by atoms with E-state index in [4.69, 9.17) is 24.4 Å². The summed E-state index contributed by atoms with van der Waals surface area (Å²) < 4.78 is 13.5. The molecule has 0 amide bonds. The van der Waals surface area contributed by atoms with E-state index in [0.717, 1.165) is 37.2 Å². The van der Waals surface area contributed by atoms with E-state index in [2.05, 4.69) is 21.7 Å². The number of rotatable bonds is 7. The number of hydrogen-bond acceptors (Lipinski definition) is 11. The monoisotopic (exact) mass is 538 g/mol. The second-order valence-electron chi connectivity index (χ2n) is 10.0. The third-order valence-corrected chi connectivity index (χ3v) is 8.71. The van der Waals surface area contributed by atoms with E-state index in [1.165, 1.54) is 0 Å². The predicted octanol–water partition coefficient (Wildman–Crippen LogP) is 4.75. The summed E-state index contributed by atoms with van der Waals surface area (Å²) in [6.45, 7) is 8.40. The molecule has 0 radical (unpaired) electrons. The normalized spacial score (nSPS) is 24.5. The first kappa shape index (κ1) is 24.6. The molecule has 1 saturated heterocycles. The predicted molar refractivity (Wildman–Crippen MR) is 146 cm³/mol. The topological polar surface area (TPSA) is 114 Å². The van der Waals surface area contributed by atoms with Gasteiger partial charge in [-0.1, -0.05) is 12.1 Å². The van der Waals surface area contributed by atoms with Gasteiger partial charge in [0, 0.05) is 17.9 Å². The molecule has 3 aromatic heterocycles. The van der Waals surface area contributed by atoms with Crippen LogP contribution < -0.4 is 10.6 Å². The van der Waals surface area contributed by atoms with E-state index in [9.17, 15) is 5.11 Å². The van der Waals surface area contributed by atoms with Gasteiger partial charge in [-0.25, -0.2) is 15.0 Å². The lowest BCUT2D eigenvalue weighted by atomic mass is 10.1. The summed E-state index contributed by atoms with van der Waals surface area (Å²) >= 11 is 3.25. The molecule has 2 aliphatic rings. The van der Waals surface area contributed by atoms with Gasteiger partial charge in [0.2, 0.25) is 5.95 Å². The fourth-order valence-electron chi connectivity index (χ4n) is 5.23. The highest BCUT2D eigenvalue weighted by atomic mass is 32.1. The van der Waals surface area contributed by atoms with Crippen LogP contribution in [0.15, 0.2) is 29.6 Å². The number of benzene rings is 1. The molecule has 194 valence electrons. The van der Waals surface area contributed by atoms with E-state index in [-0.39, 0.29) is 30.8 Å². The first-order valence-corrected chi connectivity index (χ1v) is 14.1. The summed E-state index contributed by atoms with van der Waals surface area (Å²) in [5, 5.41) is 21.0. The second-order valence-corrected chi connectivity index (χ2v) is 12.1. The van der Waals surface area contributed by atoms with Gasteiger partial charge in [-0.2, -0.15) is 4.98 Å². The SMILES string of the molecule is Cc1nc(CNc2nc(C)c(-c3nc4ccccc4s3)c(N[C@@H]3C[C@H](CO)[C@H]4OC(C)(C)O[C@H]43)n2)cs1. The zero-order valence-electron chi connectivity index (χ0n) is 21.2. The molecule has 4 atom stereocenters. The number of nitrogens with zero attached hydrogens (tertiary/aromatic N) is 4. The highest BCUT2D eigenvalue weighted by Gasteiger charge is 2.54. The van der Waals surface area contributed by atoms with Crippen molar-refractivity contribution < 1.29 is 14.6 Å². The number of aliphatic hydroxyl groups is 1. The van der Waals surface area contributed by atoms with Gasteiger partial charge in [0.25, 0.3) is 0 Å². The van der Waals surface area contributed by atoms with Crippen LogP contribution >= 0.6 is 22.7 Å². The van der Waals surface area contributed by atoms with Crippen LogP contribution in [0.2, 0.25) is 0 Å². The number of anilines is 2. The fraction of sp³-hybridized carbons (Fsp3) is 0.462. The van der Waals surface area contributed by atoms with E-state index < -0.39 is 5.79 Å². The minimum atomic E-state index is -0.696. The summed E-state index contributed by atoms with van der Waals surface area (Å²) in [5.41, 5.74) is 3.60. The maximum absolute atomic E-state index is 10.0. The zero-order valence-corrected chi connectivity index (χ0v) is 22.8. The molecule has 0 bridgehead atoms.